The van der Waals surface area contributed by atoms with Gasteiger partial charge in [0.05, 0.1) is 0 Å². The first-order chi connectivity index (χ1) is 9.15. The molecular formula is C16H27N3. The molecule has 0 radical (unpaired) electrons. The minimum absolute atomic E-state index is 0.584. The molecule has 0 aliphatic heterocycles. The van der Waals surface area contributed by atoms with Crippen molar-refractivity contribution in [1.29, 1.82) is 0 Å². The summed E-state index contributed by atoms with van der Waals surface area (Å²) in [5, 5.41) is 0. The molecule has 106 valence electrons. The van der Waals surface area contributed by atoms with Crippen LogP contribution in [-0.2, 0) is 19.4 Å². The topological polar surface area (TPSA) is 42.2 Å². The average Bonchev–Trinajstić information content (AvgIpc) is 2.45. The van der Waals surface area contributed by atoms with Crippen molar-refractivity contribution in [3.63, 3.8) is 0 Å². The number of aromatic nitrogens is 1. The molecule has 0 amide bonds. The number of hydrogen-bond donors (Lipinski definition) is 1. The molecule has 1 heterocycles. The second-order valence-electron chi connectivity index (χ2n) is 5.88. The van der Waals surface area contributed by atoms with Gasteiger partial charge in [-0.25, -0.2) is 4.98 Å². The van der Waals surface area contributed by atoms with Gasteiger partial charge in [0.1, 0.15) is 5.82 Å². The molecule has 1 aliphatic rings. The summed E-state index contributed by atoms with van der Waals surface area (Å²) in [7, 11) is 2.14. The van der Waals surface area contributed by atoms with Crippen LogP contribution in [0.1, 0.15) is 49.9 Å². The van der Waals surface area contributed by atoms with Gasteiger partial charge in [-0.05, 0) is 43.2 Å². The summed E-state index contributed by atoms with van der Waals surface area (Å²) in [6, 6.07) is 2.30. The lowest BCUT2D eigenvalue weighted by atomic mass is 9.94. The van der Waals surface area contributed by atoms with Crippen LogP contribution in [0.3, 0.4) is 0 Å². The molecule has 3 heteroatoms. The molecule has 1 aromatic rings. The molecule has 0 fully saturated rings. The predicted octanol–water partition coefficient (Wildman–Crippen LogP) is 2.90. The van der Waals surface area contributed by atoms with Gasteiger partial charge in [0.25, 0.3) is 0 Å². The summed E-state index contributed by atoms with van der Waals surface area (Å²) < 4.78 is 0. The Morgan fingerprint density at radius 1 is 1.37 bits per heavy atom. The minimum Gasteiger partial charge on any atom is -0.359 e. The highest BCUT2D eigenvalue weighted by molar-refractivity contribution is 5.50. The van der Waals surface area contributed by atoms with Crippen LogP contribution in [0.25, 0.3) is 0 Å². The smallest absolute Gasteiger partial charge is 0.133 e. The van der Waals surface area contributed by atoms with Crippen LogP contribution in [0.5, 0.6) is 0 Å². The fraction of sp³-hybridized carbons (Fsp3) is 0.688. The third-order valence-corrected chi connectivity index (χ3v) is 4.22. The van der Waals surface area contributed by atoms with Gasteiger partial charge in [-0.15, -0.1) is 0 Å². The van der Waals surface area contributed by atoms with E-state index in [0.29, 0.717) is 12.5 Å². The maximum Gasteiger partial charge on any atom is 0.133 e. The van der Waals surface area contributed by atoms with Crippen molar-refractivity contribution in [2.45, 2.75) is 52.5 Å². The Bertz CT molecular complexity index is 428. The van der Waals surface area contributed by atoms with Gasteiger partial charge in [0.2, 0.25) is 0 Å². The molecule has 2 rings (SSSR count). The first kappa shape index (κ1) is 14.3. The SMILES string of the molecule is CCC(C)CN(C)c1nc2c(cc1CN)CCCC2. The lowest BCUT2D eigenvalue weighted by Gasteiger charge is -2.26. The van der Waals surface area contributed by atoms with Crippen molar-refractivity contribution in [2.75, 3.05) is 18.5 Å². The molecule has 0 bridgehead atoms. The van der Waals surface area contributed by atoms with E-state index in [9.17, 15) is 0 Å². The Morgan fingerprint density at radius 3 is 2.79 bits per heavy atom. The number of pyridine rings is 1. The molecule has 19 heavy (non-hydrogen) atoms. The summed E-state index contributed by atoms with van der Waals surface area (Å²) in [5.41, 5.74) is 9.84. The van der Waals surface area contributed by atoms with Gasteiger partial charge in [-0.1, -0.05) is 20.3 Å². The Kier molecular flexibility index (Phi) is 4.81. The zero-order chi connectivity index (χ0) is 13.8. The highest BCUT2D eigenvalue weighted by atomic mass is 15.2. The fourth-order valence-electron chi connectivity index (χ4n) is 2.83. The fourth-order valence-corrected chi connectivity index (χ4v) is 2.83. The lowest BCUT2D eigenvalue weighted by Crippen LogP contribution is -2.27. The zero-order valence-electron chi connectivity index (χ0n) is 12.6. The Labute approximate surface area is 117 Å². The molecule has 0 aromatic carbocycles. The second-order valence-corrected chi connectivity index (χ2v) is 5.88. The highest BCUT2D eigenvalue weighted by Crippen LogP contribution is 2.26. The van der Waals surface area contributed by atoms with Crippen LogP contribution in [0.15, 0.2) is 6.07 Å². The molecule has 3 nitrogen and oxygen atoms in total. The number of fused-ring (bicyclic) bond motifs is 1. The highest BCUT2D eigenvalue weighted by Gasteiger charge is 2.17. The van der Waals surface area contributed by atoms with Crippen molar-refractivity contribution < 1.29 is 0 Å². The molecule has 0 saturated carbocycles. The van der Waals surface area contributed by atoms with E-state index in [0.717, 1.165) is 18.8 Å². The summed E-state index contributed by atoms with van der Waals surface area (Å²) in [5.74, 6) is 1.79. The van der Waals surface area contributed by atoms with Crippen molar-refractivity contribution >= 4 is 5.82 Å². The molecule has 2 N–H and O–H groups in total. The van der Waals surface area contributed by atoms with E-state index in [4.69, 9.17) is 10.7 Å². The Balaban J connectivity index is 2.27. The normalized spacial score (nSPS) is 16.0. The van der Waals surface area contributed by atoms with Crippen LogP contribution in [0.2, 0.25) is 0 Å². The molecule has 0 saturated heterocycles. The van der Waals surface area contributed by atoms with Gasteiger partial charge >= 0.3 is 0 Å². The van der Waals surface area contributed by atoms with E-state index in [1.807, 2.05) is 0 Å². The molecule has 1 atom stereocenters. The number of hydrogen-bond acceptors (Lipinski definition) is 3. The number of anilines is 1. The number of rotatable bonds is 5. The average molecular weight is 261 g/mol. The number of nitrogens with two attached hydrogens (primary N) is 1. The monoisotopic (exact) mass is 261 g/mol. The maximum atomic E-state index is 5.92. The summed E-state index contributed by atoms with van der Waals surface area (Å²) in [4.78, 5) is 7.20. The third kappa shape index (κ3) is 3.27. The van der Waals surface area contributed by atoms with Crippen molar-refractivity contribution in [2.24, 2.45) is 11.7 Å². The van der Waals surface area contributed by atoms with Gasteiger partial charge in [0.15, 0.2) is 0 Å². The third-order valence-electron chi connectivity index (χ3n) is 4.22. The van der Waals surface area contributed by atoms with E-state index >= 15 is 0 Å². The van der Waals surface area contributed by atoms with Crippen LogP contribution < -0.4 is 10.6 Å². The van der Waals surface area contributed by atoms with Crippen LogP contribution in [0, 0.1) is 5.92 Å². The second kappa shape index (κ2) is 6.38. The van der Waals surface area contributed by atoms with Crippen LogP contribution in [0.4, 0.5) is 5.82 Å². The zero-order valence-corrected chi connectivity index (χ0v) is 12.6. The molecule has 1 aromatic heterocycles. The van der Waals surface area contributed by atoms with Crippen molar-refractivity contribution in [3.8, 4) is 0 Å². The number of aryl methyl sites for hydroxylation is 2. The molecular weight excluding hydrogens is 234 g/mol. The lowest BCUT2D eigenvalue weighted by molar-refractivity contribution is 0.555. The Morgan fingerprint density at radius 2 is 2.11 bits per heavy atom. The summed E-state index contributed by atoms with van der Waals surface area (Å²) >= 11 is 0. The maximum absolute atomic E-state index is 5.92. The van der Waals surface area contributed by atoms with Gasteiger partial charge in [0, 0.05) is 31.4 Å². The van der Waals surface area contributed by atoms with E-state index in [2.05, 4.69) is 31.9 Å². The summed E-state index contributed by atoms with van der Waals surface area (Å²) in [6.07, 6.45) is 6.07. The molecule has 1 unspecified atom stereocenters. The van der Waals surface area contributed by atoms with Crippen molar-refractivity contribution in [3.05, 3.63) is 22.9 Å². The van der Waals surface area contributed by atoms with Crippen molar-refractivity contribution in [1.82, 2.24) is 4.98 Å². The minimum atomic E-state index is 0.584. The van der Waals surface area contributed by atoms with E-state index in [-0.39, 0.29) is 0 Å². The van der Waals surface area contributed by atoms with Crippen LogP contribution in [-0.4, -0.2) is 18.6 Å². The van der Waals surface area contributed by atoms with E-state index < -0.39 is 0 Å². The standard InChI is InChI=1S/C16H27N3/c1-4-12(2)11-19(3)16-14(10-17)9-13-7-5-6-8-15(13)18-16/h9,12H,4-8,10-11,17H2,1-3H3. The Hall–Kier alpha value is -1.09. The van der Waals surface area contributed by atoms with Gasteiger partial charge in [-0.2, -0.15) is 0 Å². The van der Waals surface area contributed by atoms with Gasteiger partial charge in [-0.3, -0.25) is 0 Å². The first-order valence-electron chi connectivity index (χ1n) is 7.58. The predicted molar refractivity (Wildman–Crippen MR) is 81.5 cm³/mol. The van der Waals surface area contributed by atoms with E-state index in [1.54, 1.807) is 0 Å². The molecule has 0 spiro atoms. The van der Waals surface area contributed by atoms with Gasteiger partial charge < -0.3 is 10.6 Å². The first-order valence-corrected chi connectivity index (χ1v) is 7.58. The quantitative estimate of drug-likeness (QED) is 0.886. The number of nitrogens with zero attached hydrogens (tertiary/aromatic N) is 2. The van der Waals surface area contributed by atoms with Crippen LogP contribution >= 0.6 is 0 Å². The van der Waals surface area contributed by atoms with E-state index in [1.165, 1.54) is 42.5 Å². The largest absolute Gasteiger partial charge is 0.359 e. The summed E-state index contributed by atoms with van der Waals surface area (Å²) in [6.45, 7) is 6.16. The molecule has 1 aliphatic carbocycles.